The third kappa shape index (κ3) is 3.20. The third-order valence-electron chi connectivity index (χ3n) is 3.38. The van der Waals surface area contributed by atoms with Crippen LogP contribution in [0.15, 0.2) is 18.3 Å². The van der Waals surface area contributed by atoms with Gasteiger partial charge >= 0.3 is 0 Å². The highest BCUT2D eigenvalue weighted by molar-refractivity contribution is 5.98. The van der Waals surface area contributed by atoms with Gasteiger partial charge in [0.2, 0.25) is 0 Å². The molecule has 1 fully saturated rings. The van der Waals surface area contributed by atoms with Crippen molar-refractivity contribution in [3.05, 3.63) is 23.9 Å². The lowest BCUT2D eigenvalue weighted by atomic mass is 10.1. The van der Waals surface area contributed by atoms with Gasteiger partial charge in [-0.2, -0.15) is 0 Å². The minimum absolute atomic E-state index is 0.0945. The molecule has 0 aromatic carbocycles. The molecule has 0 saturated heterocycles. The van der Waals surface area contributed by atoms with Crippen LogP contribution in [-0.2, 0) is 0 Å². The average molecular weight is 248 g/mol. The fourth-order valence-corrected chi connectivity index (χ4v) is 2.39. The van der Waals surface area contributed by atoms with Crippen LogP contribution in [0, 0.1) is 0 Å². The minimum Gasteiger partial charge on any atom is -0.349 e. The molecular formula is C13H20N4O. The molecule has 1 aliphatic carbocycles. The Bertz CT molecular complexity index is 400. The second kappa shape index (κ2) is 6.35. The lowest BCUT2D eigenvalue weighted by molar-refractivity contribution is 0.0934. The molecule has 98 valence electrons. The Labute approximate surface area is 107 Å². The van der Waals surface area contributed by atoms with Crippen molar-refractivity contribution in [3.8, 4) is 0 Å². The number of rotatable bonds is 3. The number of nitrogens with two attached hydrogens (primary N) is 1. The van der Waals surface area contributed by atoms with E-state index in [0.717, 1.165) is 12.8 Å². The van der Waals surface area contributed by atoms with Crippen LogP contribution < -0.4 is 16.6 Å². The van der Waals surface area contributed by atoms with Crippen LogP contribution in [0.1, 0.15) is 48.9 Å². The summed E-state index contributed by atoms with van der Waals surface area (Å²) in [6.45, 7) is 0. The average Bonchev–Trinajstić information content (AvgIpc) is 2.67. The molecule has 1 aromatic rings. The Morgan fingerprint density at radius 3 is 2.67 bits per heavy atom. The number of hydrogen-bond donors (Lipinski definition) is 3. The first-order valence-corrected chi connectivity index (χ1v) is 6.54. The van der Waals surface area contributed by atoms with Gasteiger partial charge < -0.3 is 10.7 Å². The molecule has 0 unspecified atom stereocenters. The minimum atomic E-state index is -0.0945. The van der Waals surface area contributed by atoms with Crippen molar-refractivity contribution in [2.24, 2.45) is 5.84 Å². The molecule has 1 saturated carbocycles. The number of nitrogens with zero attached hydrogens (tertiary/aromatic N) is 1. The van der Waals surface area contributed by atoms with Crippen molar-refractivity contribution in [1.82, 2.24) is 10.3 Å². The van der Waals surface area contributed by atoms with Gasteiger partial charge in [0.1, 0.15) is 0 Å². The summed E-state index contributed by atoms with van der Waals surface area (Å²) in [6, 6.07) is 3.75. The van der Waals surface area contributed by atoms with Gasteiger partial charge in [0, 0.05) is 12.2 Å². The fraction of sp³-hybridized carbons (Fsp3) is 0.538. The Balaban J connectivity index is 2.02. The van der Waals surface area contributed by atoms with Gasteiger partial charge in [0.05, 0.1) is 5.56 Å². The van der Waals surface area contributed by atoms with Gasteiger partial charge in [-0.1, -0.05) is 25.7 Å². The van der Waals surface area contributed by atoms with Crippen LogP contribution in [0.2, 0.25) is 0 Å². The summed E-state index contributed by atoms with van der Waals surface area (Å²) in [7, 11) is 0. The van der Waals surface area contributed by atoms with Crippen LogP contribution in [-0.4, -0.2) is 16.9 Å². The Hall–Kier alpha value is -1.62. The lowest BCUT2D eigenvalue weighted by Gasteiger charge is -2.17. The number of hydrazine groups is 1. The van der Waals surface area contributed by atoms with Crippen molar-refractivity contribution in [2.45, 2.75) is 44.6 Å². The van der Waals surface area contributed by atoms with Gasteiger partial charge in [-0.05, 0) is 25.0 Å². The van der Waals surface area contributed by atoms with Gasteiger partial charge in [0.25, 0.3) is 5.91 Å². The molecule has 0 spiro atoms. The molecule has 4 N–H and O–H groups in total. The molecular weight excluding hydrogens is 228 g/mol. The van der Waals surface area contributed by atoms with E-state index in [2.05, 4.69) is 15.7 Å². The zero-order chi connectivity index (χ0) is 12.8. The molecule has 1 aromatic heterocycles. The molecule has 0 radical (unpaired) electrons. The summed E-state index contributed by atoms with van der Waals surface area (Å²) in [6.07, 6.45) is 8.68. The van der Waals surface area contributed by atoms with Crippen molar-refractivity contribution in [2.75, 3.05) is 5.43 Å². The number of nitrogens with one attached hydrogen (secondary N) is 2. The highest BCUT2D eigenvalue weighted by atomic mass is 16.1. The van der Waals surface area contributed by atoms with E-state index in [1.165, 1.54) is 25.7 Å². The summed E-state index contributed by atoms with van der Waals surface area (Å²) in [5.74, 6) is 5.68. The molecule has 0 bridgehead atoms. The second-order valence-corrected chi connectivity index (χ2v) is 4.71. The van der Waals surface area contributed by atoms with Crippen LogP contribution in [0.5, 0.6) is 0 Å². The van der Waals surface area contributed by atoms with Crippen molar-refractivity contribution in [3.63, 3.8) is 0 Å². The first-order chi connectivity index (χ1) is 8.81. The number of amides is 1. The topological polar surface area (TPSA) is 80.0 Å². The summed E-state index contributed by atoms with van der Waals surface area (Å²) in [5, 5.41) is 3.08. The molecule has 1 heterocycles. The molecule has 5 heteroatoms. The van der Waals surface area contributed by atoms with Gasteiger partial charge in [0.15, 0.2) is 5.82 Å². The number of aromatic nitrogens is 1. The van der Waals surface area contributed by atoms with Crippen molar-refractivity contribution in [1.29, 1.82) is 0 Å². The molecule has 5 nitrogen and oxygen atoms in total. The molecule has 2 rings (SSSR count). The maximum absolute atomic E-state index is 12.2. The number of carbonyl (C=O) groups is 1. The number of carbonyl (C=O) groups excluding carboxylic acids is 1. The SMILES string of the molecule is NNc1ncccc1C(=O)NC1CCCCCC1. The van der Waals surface area contributed by atoms with E-state index in [0.29, 0.717) is 11.4 Å². The van der Waals surface area contributed by atoms with Crippen LogP contribution in [0.4, 0.5) is 5.82 Å². The Kier molecular flexibility index (Phi) is 4.52. The monoisotopic (exact) mass is 248 g/mol. The quantitative estimate of drug-likeness (QED) is 0.433. The largest absolute Gasteiger partial charge is 0.349 e. The first-order valence-electron chi connectivity index (χ1n) is 6.54. The first kappa shape index (κ1) is 12.8. The smallest absolute Gasteiger partial charge is 0.255 e. The number of hydrogen-bond acceptors (Lipinski definition) is 4. The number of pyridine rings is 1. The Morgan fingerprint density at radius 1 is 1.28 bits per heavy atom. The van der Waals surface area contributed by atoms with Crippen molar-refractivity contribution < 1.29 is 4.79 Å². The van der Waals surface area contributed by atoms with E-state index >= 15 is 0 Å². The summed E-state index contributed by atoms with van der Waals surface area (Å²) in [4.78, 5) is 16.2. The highest BCUT2D eigenvalue weighted by Crippen LogP contribution is 2.18. The lowest BCUT2D eigenvalue weighted by Crippen LogP contribution is -2.35. The normalized spacial score (nSPS) is 16.9. The van der Waals surface area contributed by atoms with E-state index in [1.807, 2.05) is 0 Å². The van der Waals surface area contributed by atoms with E-state index in [9.17, 15) is 4.79 Å². The Morgan fingerprint density at radius 2 is 2.00 bits per heavy atom. The number of anilines is 1. The summed E-state index contributed by atoms with van der Waals surface area (Å²) in [5.41, 5.74) is 2.96. The predicted octanol–water partition coefficient (Wildman–Crippen LogP) is 1.82. The maximum Gasteiger partial charge on any atom is 0.255 e. The summed E-state index contributed by atoms with van der Waals surface area (Å²) < 4.78 is 0. The highest BCUT2D eigenvalue weighted by Gasteiger charge is 2.17. The van der Waals surface area contributed by atoms with Gasteiger partial charge in [-0.15, -0.1) is 0 Å². The predicted molar refractivity (Wildman–Crippen MR) is 71.0 cm³/mol. The second-order valence-electron chi connectivity index (χ2n) is 4.71. The third-order valence-corrected chi connectivity index (χ3v) is 3.38. The van der Waals surface area contributed by atoms with E-state index in [-0.39, 0.29) is 11.9 Å². The van der Waals surface area contributed by atoms with E-state index in [1.54, 1.807) is 18.3 Å². The fourth-order valence-electron chi connectivity index (χ4n) is 2.39. The van der Waals surface area contributed by atoms with Crippen molar-refractivity contribution >= 4 is 11.7 Å². The standard InChI is InChI=1S/C13H20N4O/c14-17-12-11(8-5-9-15-12)13(18)16-10-6-3-1-2-4-7-10/h5,8-10H,1-4,6-7,14H2,(H,15,17)(H,16,18). The maximum atomic E-state index is 12.2. The van der Waals surface area contributed by atoms with Gasteiger partial charge in [-0.25, -0.2) is 10.8 Å². The van der Waals surface area contributed by atoms with Crippen LogP contribution >= 0.6 is 0 Å². The van der Waals surface area contributed by atoms with Gasteiger partial charge in [-0.3, -0.25) is 4.79 Å². The van der Waals surface area contributed by atoms with E-state index in [4.69, 9.17) is 5.84 Å². The number of nitrogen functional groups attached to an aromatic ring is 1. The molecule has 0 aliphatic heterocycles. The van der Waals surface area contributed by atoms with Crippen LogP contribution in [0.3, 0.4) is 0 Å². The molecule has 1 aliphatic rings. The molecule has 18 heavy (non-hydrogen) atoms. The van der Waals surface area contributed by atoms with E-state index < -0.39 is 0 Å². The van der Waals surface area contributed by atoms with Crippen LogP contribution in [0.25, 0.3) is 0 Å². The summed E-state index contributed by atoms with van der Waals surface area (Å²) >= 11 is 0. The molecule has 0 atom stereocenters. The zero-order valence-corrected chi connectivity index (χ0v) is 10.5. The zero-order valence-electron chi connectivity index (χ0n) is 10.5. The molecule has 1 amide bonds.